The number of carboxylic acids is 1. The van der Waals surface area contributed by atoms with Gasteiger partial charge in [0.15, 0.2) is 5.82 Å². The summed E-state index contributed by atoms with van der Waals surface area (Å²) in [6.45, 7) is 3.70. The Morgan fingerprint density at radius 2 is 2.14 bits per heavy atom. The van der Waals surface area contributed by atoms with Crippen LogP contribution in [0.2, 0.25) is 0 Å². The molecule has 5 heteroatoms. The first-order valence-electron chi connectivity index (χ1n) is 6.80. The maximum Gasteiger partial charge on any atom is 0.313 e. The molecule has 1 aromatic heterocycles. The zero-order valence-corrected chi connectivity index (χ0v) is 12.0. The van der Waals surface area contributed by atoms with Crippen LogP contribution in [0.4, 0.5) is 4.39 Å². The lowest BCUT2D eigenvalue weighted by Gasteiger charge is -2.14. The van der Waals surface area contributed by atoms with Crippen molar-refractivity contribution in [3.63, 3.8) is 0 Å². The molecule has 0 amide bonds. The molecule has 0 aliphatic heterocycles. The molecule has 1 heterocycles. The minimum Gasteiger partial charge on any atom is -0.481 e. The Hall–Kier alpha value is -2.30. The smallest absolute Gasteiger partial charge is 0.313 e. The van der Waals surface area contributed by atoms with Crippen molar-refractivity contribution < 1.29 is 14.3 Å². The van der Waals surface area contributed by atoms with Crippen LogP contribution in [0.5, 0.6) is 0 Å². The van der Waals surface area contributed by atoms with Crippen LogP contribution in [0.15, 0.2) is 30.6 Å². The highest BCUT2D eigenvalue weighted by atomic mass is 19.1. The first-order valence-corrected chi connectivity index (χ1v) is 6.80. The number of halogens is 1. The molecular weight excluding hydrogens is 271 g/mol. The molecule has 0 fully saturated rings. The fourth-order valence-corrected chi connectivity index (χ4v) is 2.29. The summed E-state index contributed by atoms with van der Waals surface area (Å²) in [6, 6.07) is 7.52. The van der Waals surface area contributed by atoms with Crippen molar-refractivity contribution in [1.29, 1.82) is 0 Å². The predicted octanol–water partition coefficient (Wildman–Crippen LogP) is 2.90. The van der Waals surface area contributed by atoms with Gasteiger partial charge in [-0.1, -0.05) is 36.8 Å². The summed E-state index contributed by atoms with van der Waals surface area (Å²) >= 11 is 0. The van der Waals surface area contributed by atoms with Gasteiger partial charge in [-0.15, -0.1) is 0 Å². The average molecular weight is 288 g/mol. The summed E-state index contributed by atoms with van der Waals surface area (Å²) in [6.07, 6.45) is 1.83. The van der Waals surface area contributed by atoms with Crippen LogP contribution >= 0.6 is 0 Å². The van der Waals surface area contributed by atoms with Gasteiger partial charge in [0.25, 0.3) is 0 Å². The average Bonchev–Trinajstić information content (AvgIpc) is 2.45. The van der Waals surface area contributed by atoms with Crippen LogP contribution in [0.1, 0.15) is 35.4 Å². The number of aromatic nitrogens is 2. The molecule has 0 bridgehead atoms. The Labute approximate surface area is 122 Å². The fraction of sp³-hybridized carbons (Fsp3) is 0.312. The van der Waals surface area contributed by atoms with Crippen molar-refractivity contribution in [1.82, 2.24) is 9.97 Å². The summed E-state index contributed by atoms with van der Waals surface area (Å²) in [5, 5.41) is 9.42. The molecule has 4 nitrogen and oxygen atoms in total. The molecule has 0 aliphatic carbocycles. The molecule has 1 N–H and O–H groups in total. The largest absolute Gasteiger partial charge is 0.481 e. The highest BCUT2D eigenvalue weighted by Gasteiger charge is 2.26. The van der Waals surface area contributed by atoms with Crippen LogP contribution in [0.3, 0.4) is 0 Å². The van der Waals surface area contributed by atoms with E-state index in [1.165, 1.54) is 6.33 Å². The summed E-state index contributed by atoms with van der Waals surface area (Å²) < 4.78 is 14.3. The molecule has 110 valence electrons. The standard InChI is InChI=1S/C16H17FN2O2/c1-3-13-14(17)15(19-9-18-13)12(16(20)21)8-11-6-4-5-10(2)7-11/h4-7,9,12H,3,8H2,1-2H3,(H,20,21). The number of rotatable bonds is 5. The van der Waals surface area contributed by atoms with Gasteiger partial charge in [-0.3, -0.25) is 4.79 Å². The Morgan fingerprint density at radius 1 is 1.38 bits per heavy atom. The molecule has 0 saturated carbocycles. The quantitative estimate of drug-likeness (QED) is 0.919. The predicted molar refractivity (Wildman–Crippen MR) is 76.6 cm³/mol. The second kappa shape index (κ2) is 6.43. The van der Waals surface area contributed by atoms with Gasteiger partial charge in [-0.05, 0) is 25.3 Å². The Bertz CT molecular complexity index is 658. The lowest BCUT2D eigenvalue weighted by molar-refractivity contribution is -0.138. The van der Waals surface area contributed by atoms with E-state index in [9.17, 15) is 14.3 Å². The van der Waals surface area contributed by atoms with Crippen molar-refractivity contribution in [3.05, 3.63) is 58.9 Å². The molecule has 0 radical (unpaired) electrons. The van der Waals surface area contributed by atoms with E-state index < -0.39 is 17.7 Å². The monoisotopic (exact) mass is 288 g/mol. The molecule has 0 saturated heterocycles. The minimum atomic E-state index is -1.09. The third-order valence-corrected chi connectivity index (χ3v) is 3.37. The van der Waals surface area contributed by atoms with Crippen LogP contribution in [0, 0.1) is 12.7 Å². The van der Waals surface area contributed by atoms with E-state index in [0.717, 1.165) is 11.1 Å². The van der Waals surface area contributed by atoms with Gasteiger partial charge < -0.3 is 5.11 Å². The summed E-state index contributed by atoms with van der Waals surface area (Å²) in [5.74, 6) is -2.71. The Balaban J connectivity index is 2.38. The summed E-state index contributed by atoms with van der Waals surface area (Å²) in [7, 11) is 0. The molecular formula is C16H17FN2O2. The zero-order chi connectivity index (χ0) is 15.4. The zero-order valence-electron chi connectivity index (χ0n) is 12.0. The number of aryl methyl sites for hydroxylation is 2. The SMILES string of the molecule is CCc1ncnc(C(Cc2cccc(C)c2)C(=O)O)c1F. The second-order valence-electron chi connectivity index (χ2n) is 4.96. The number of hydrogen-bond donors (Lipinski definition) is 1. The third kappa shape index (κ3) is 3.42. The van der Waals surface area contributed by atoms with E-state index >= 15 is 0 Å². The van der Waals surface area contributed by atoms with Crippen LogP contribution in [-0.2, 0) is 17.6 Å². The Kier molecular flexibility index (Phi) is 4.62. The number of aliphatic carboxylic acids is 1. The van der Waals surface area contributed by atoms with Crippen molar-refractivity contribution in [2.75, 3.05) is 0 Å². The van der Waals surface area contributed by atoms with Crippen LogP contribution in [0.25, 0.3) is 0 Å². The van der Waals surface area contributed by atoms with Crippen molar-refractivity contribution in [2.45, 2.75) is 32.6 Å². The first kappa shape index (κ1) is 15.1. The molecule has 2 aromatic rings. The molecule has 2 rings (SSSR count). The van der Waals surface area contributed by atoms with Gasteiger partial charge in [0.2, 0.25) is 0 Å². The summed E-state index contributed by atoms with van der Waals surface area (Å²) in [4.78, 5) is 19.2. The van der Waals surface area contributed by atoms with Gasteiger partial charge in [0.1, 0.15) is 12.2 Å². The molecule has 1 aromatic carbocycles. The molecule has 21 heavy (non-hydrogen) atoms. The molecule has 0 aliphatic rings. The fourth-order valence-electron chi connectivity index (χ4n) is 2.29. The van der Waals surface area contributed by atoms with E-state index in [2.05, 4.69) is 9.97 Å². The third-order valence-electron chi connectivity index (χ3n) is 3.37. The normalized spacial score (nSPS) is 12.1. The van der Waals surface area contributed by atoms with Crippen molar-refractivity contribution >= 4 is 5.97 Å². The first-order chi connectivity index (χ1) is 10.0. The van der Waals surface area contributed by atoms with Gasteiger partial charge in [-0.2, -0.15) is 0 Å². The lowest BCUT2D eigenvalue weighted by atomic mass is 9.94. The molecule has 0 spiro atoms. The van der Waals surface area contributed by atoms with Gasteiger partial charge in [-0.25, -0.2) is 14.4 Å². The van der Waals surface area contributed by atoms with Crippen molar-refractivity contribution in [3.8, 4) is 0 Å². The van der Waals surface area contributed by atoms with Crippen LogP contribution < -0.4 is 0 Å². The maximum absolute atomic E-state index is 14.3. The number of carboxylic acid groups (broad SMARTS) is 1. The topological polar surface area (TPSA) is 63.1 Å². The highest BCUT2D eigenvalue weighted by Crippen LogP contribution is 2.23. The Morgan fingerprint density at radius 3 is 2.76 bits per heavy atom. The van der Waals surface area contributed by atoms with E-state index in [1.54, 1.807) is 6.92 Å². The highest BCUT2D eigenvalue weighted by molar-refractivity contribution is 5.76. The van der Waals surface area contributed by atoms with E-state index in [0.29, 0.717) is 6.42 Å². The minimum absolute atomic E-state index is 0.0455. The number of benzene rings is 1. The maximum atomic E-state index is 14.3. The van der Waals surface area contributed by atoms with Gasteiger partial charge in [0, 0.05) is 0 Å². The van der Waals surface area contributed by atoms with E-state index in [4.69, 9.17) is 0 Å². The second-order valence-corrected chi connectivity index (χ2v) is 4.96. The lowest BCUT2D eigenvalue weighted by Crippen LogP contribution is -2.19. The number of hydrogen-bond acceptors (Lipinski definition) is 3. The van der Waals surface area contributed by atoms with Crippen LogP contribution in [-0.4, -0.2) is 21.0 Å². The molecule has 1 unspecified atom stereocenters. The van der Waals surface area contributed by atoms with Gasteiger partial charge in [0.05, 0.1) is 11.4 Å². The van der Waals surface area contributed by atoms with Gasteiger partial charge >= 0.3 is 5.97 Å². The van der Waals surface area contributed by atoms with E-state index in [-0.39, 0.29) is 17.8 Å². The number of carbonyl (C=O) groups is 1. The summed E-state index contributed by atoms with van der Waals surface area (Å²) in [5.41, 5.74) is 2.08. The van der Waals surface area contributed by atoms with E-state index in [1.807, 2.05) is 31.2 Å². The number of nitrogens with zero attached hydrogens (tertiary/aromatic N) is 2. The molecule has 1 atom stereocenters. The van der Waals surface area contributed by atoms with Crippen molar-refractivity contribution in [2.24, 2.45) is 0 Å².